The molecule has 1 saturated heterocycles. The minimum Gasteiger partial charge on any atom is -0.277 e. The summed E-state index contributed by atoms with van der Waals surface area (Å²) in [6, 6.07) is -0.725. The van der Waals surface area contributed by atoms with E-state index in [2.05, 4.69) is 10.6 Å². The highest BCUT2D eigenvalue weighted by molar-refractivity contribution is 6.19. The summed E-state index contributed by atoms with van der Waals surface area (Å²) in [4.78, 5) is 36.3. The van der Waals surface area contributed by atoms with Gasteiger partial charge < -0.3 is 0 Å². The number of unbranched alkanes of at least 4 members (excludes halogenated alkanes) is 3. The van der Waals surface area contributed by atoms with Crippen LogP contribution < -0.4 is 10.6 Å². The lowest BCUT2D eigenvalue weighted by molar-refractivity contribution is -0.146. The molecule has 4 amide bonds. The van der Waals surface area contributed by atoms with Gasteiger partial charge in [-0.1, -0.05) is 51.4 Å². The molecule has 2 aliphatic rings. The van der Waals surface area contributed by atoms with Gasteiger partial charge in [0.2, 0.25) is 11.8 Å². The quantitative estimate of drug-likeness (QED) is 0.531. The van der Waals surface area contributed by atoms with E-state index >= 15 is 0 Å². The Morgan fingerprint density at radius 2 is 1.52 bits per heavy atom. The number of halogens is 1. The molecule has 6 heteroatoms. The van der Waals surface area contributed by atoms with Gasteiger partial charge in [0.05, 0.1) is 6.67 Å². The smallest absolute Gasteiger partial charge is 0.277 e. The monoisotopic (exact) mass is 326 g/mol. The molecule has 1 saturated carbocycles. The summed E-state index contributed by atoms with van der Waals surface area (Å²) in [5.74, 6) is -0.552. The number of nitrogens with one attached hydrogen (secondary N) is 2. The molecule has 23 heavy (non-hydrogen) atoms. The number of alkyl halides is 1. The van der Waals surface area contributed by atoms with Crippen LogP contribution in [0.1, 0.15) is 70.6 Å². The van der Waals surface area contributed by atoms with E-state index < -0.39 is 23.3 Å². The van der Waals surface area contributed by atoms with Crippen LogP contribution in [0.25, 0.3) is 0 Å². The van der Waals surface area contributed by atoms with Crippen LogP contribution in [-0.4, -0.2) is 24.5 Å². The first-order valence-corrected chi connectivity index (χ1v) is 8.81. The number of rotatable bonds is 8. The number of imide groups is 2. The highest BCUT2D eigenvalue weighted by Crippen LogP contribution is 2.40. The van der Waals surface area contributed by atoms with Crippen LogP contribution in [0.3, 0.4) is 0 Å². The average Bonchev–Trinajstić information content (AvgIpc) is 2.53. The molecular formula is C17H27FN2O3. The molecule has 2 rings (SSSR count). The summed E-state index contributed by atoms with van der Waals surface area (Å²) < 4.78 is 12.2. The maximum Gasteiger partial charge on any atom is 0.328 e. The SMILES string of the molecule is O=C1NC(=O)C(CCCCCCF)(CC2CCCCC2)C(=O)N1. The van der Waals surface area contributed by atoms with Gasteiger partial charge in [-0.25, -0.2) is 4.79 Å². The van der Waals surface area contributed by atoms with E-state index in [0.717, 1.165) is 38.5 Å². The molecule has 0 bridgehead atoms. The molecule has 0 aromatic carbocycles. The maximum absolute atomic E-state index is 12.5. The minimum absolute atomic E-state index is 0.331. The van der Waals surface area contributed by atoms with E-state index in [1.807, 2.05) is 0 Å². The number of barbiturate groups is 1. The highest BCUT2D eigenvalue weighted by atomic mass is 19.1. The minimum atomic E-state index is -1.13. The Morgan fingerprint density at radius 3 is 2.13 bits per heavy atom. The van der Waals surface area contributed by atoms with Crippen molar-refractivity contribution in [3.8, 4) is 0 Å². The number of hydrogen-bond acceptors (Lipinski definition) is 3. The van der Waals surface area contributed by atoms with Crippen molar-refractivity contribution in [2.24, 2.45) is 11.3 Å². The molecule has 5 nitrogen and oxygen atoms in total. The van der Waals surface area contributed by atoms with Crippen molar-refractivity contribution < 1.29 is 18.8 Å². The fraction of sp³-hybridized carbons (Fsp3) is 0.824. The van der Waals surface area contributed by atoms with E-state index in [1.54, 1.807) is 0 Å². The standard InChI is InChI=1S/C17H27FN2O3/c18-11-7-2-1-6-10-17(12-13-8-4-3-5-9-13)14(21)19-16(23)20-15(17)22/h13H,1-12H2,(H2,19,20,21,22,23). The van der Waals surface area contributed by atoms with Crippen LogP contribution in [0.15, 0.2) is 0 Å². The third-order valence-corrected chi connectivity index (χ3v) is 5.17. The third-order valence-electron chi connectivity index (χ3n) is 5.17. The van der Waals surface area contributed by atoms with Gasteiger partial charge in [0.15, 0.2) is 0 Å². The second-order valence-electron chi connectivity index (χ2n) is 6.88. The van der Waals surface area contributed by atoms with E-state index in [1.165, 1.54) is 6.42 Å². The zero-order chi connectivity index (χ0) is 16.7. The molecule has 0 aromatic rings. The summed E-state index contributed by atoms with van der Waals surface area (Å²) in [7, 11) is 0. The fourth-order valence-corrected chi connectivity index (χ4v) is 3.85. The lowest BCUT2D eigenvalue weighted by Gasteiger charge is -2.37. The largest absolute Gasteiger partial charge is 0.328 e. The number of hydrogen-bond donors (Lipinski definition) is 2. The lowest BCUT2D eigenvalue weighted by atomic mass is 9.70. The molecule has 1 aliphatic carbocycles. The van der Waals surface area contributed by atoms with Gasteiger partial charge >= 0.3 is 6.03 Å². The van der Waals surface area contributed by atoms with Gasteiger partial charge in [0.25, 0.3) is 0 Å². The Balaban J connectivity index is 2.04. The molecule has 0 aromatic heterocycles. The number of amides is 4. The summed E-state index contributed by atoms with van der Waals surface area (Å²) >= 11 is 0. The van der Waals surface area contributed by atoms with Crippen molar-refractivity contribution in [3.05, 3.63) is 0 Å². The van der Waals surface area contributed by atoms with Crippen molar-refractivity contribution in [2.75, 3.05) is 6.67 Å². The first-order valence-electron chi connectivity index (χ1n) is 8.81. The molecule has 0 spiro atoms. The molecule has 0 unspecified atom stereocenters. The first kappa shape index (κ1) is 17.9. The van der Waals surface area contributed by atoms with Gasteiger partial charge in [-0.15, -0.1) is 0 Å². The fourth-order valence-electron chi connectivity index (χ4n) is 3.85. The Labute approximate surface area is 136 Å². The molecule has 2 fully saturated rings. The molecule has 1 aliphatic heterocycles. The van der Waals surface area contributed by atoms with Gasteiger partial charge in [-0.3, -0.25) is 24.6 Å². The van der Waals surface area contributed by atoms with Gasteiger partial charge in [0.1, 0.15) is 5.41 Å². The van der Waals surface area contributed by atoms with Crippen molar-refractivity contribution in [3.63, 3.8) is 0 Å². The lowest BCUT2D eigenvalue weighted by Crippen LogP contribution is -2.62. The zero-order valence-electron chi connectivity index (χ0n) is 13.7. The third kappa shape index (κ3) is 4.52. The van der Waals surface area contributed by atoms with Crippen LogP contribution in [-0.2, 0) is 9.59 Å². The number of carbonyl (C=O) groups excluding carboxylic acids is 3. The Kier molecular flexibility index (Phi) is 6.54. The number of carbonyl (C=O) groups is 3. The van der Waals surface area contributed by atoms with E-state index in [4.69, 9.17) is 0 Å². The second kappa shape index (κ2) is 8.41. The maximum atomic E-state index is 12.5. The normalized spacial score (nSPS) is 21.9. The topological polar surface area (TPSA) is 75.3 Å². The van der Waals surface area contributed by atoms with Crippen LogP contribution in [0, 0.1) is 11.3 Å². The Bertz CT molecular complexity index is 427. The molecule has 0 atom stereocenters. The van der Waals surface area contributed by atoms with Gasteiger partial charge in [-0.2, -0.15) is 0 Å². The van der Waals surface area contributed by atoms with E-state index in [9.17, 15) is 18.8 Å². The molecule has 2 N–H and O–H groups in total. The highest BCUT2D eigenvalue weighted by Gasteiger charge is 2.50. The van der Waals surface area contributed by atoms with Crippen LogP contribution >= 0.6 is 0 Å². The summed E-state index contributed by atoms with van der Waals surface area (Å²) in [5, 5.41) is 4.54. The molecule has 0 radical (unpaired) electrons. The second-order valence-corrected chi connectivity index (χ2v) is 6.88. The van der Waals surface area contributed by atoms with E-state index in [0.29, 0.717) is 31.6 Å². The van der Waals surface area contributed by atoms with Crippen LogP contribution in [0.4, 0.5) is 9.18 Å². The summed E-state index contributed by atoms with van der Waals surface area (Å²) in [6.07, 6.45) is 9.29. The average molecular weight is 326 g/mol. The first-order chi connectivity index (χ1) is 11.1. The molecule has 130 valence electrons. The van der Waals surface area contributed by atoms with Crippen LogP contribution in [0.5, 0.6) is 0 Å². The summed E-state index contributed by atoms with van der Waals surface area (Å²) in [6.45, 7) is -0.331. The van der Waals surface area contributed by atoms with Crippen molar-refractivity contribution >= 4 is 17.8 Å². The van der Waals surface area contributed by atoms with Crippen molar-refractivity contribution in [1.29, 1.82) is 0 Å². The van der Waals surface area contributed by atoms with Gasteiger partial charge in [0, 0.05) is 0 Å². The van der Waals surface area contributed by atoms with Crippen molar-refractivity contribution in [2.45, 2.75) is 70.6 Å². The van der Waals surface area contributed by atoms with Gasteiger partial charge in [-0.05, 0) is 25.2 Å². The predicted octanol–water partition coefficient (Wildman–Crippen LogP) is 3.23. The predicted molar refractivity (Wildman–Crippen MR) is 84.4 cm³/mol. The number of urea groups is 1. The zero-order valence-corrected chi connectivity index (χ0v) is 13.7. The van der Waals surface area contributed by atoms with Crippen LogP contribution in [0.2, 0.25) is 0 Å². The van der Waals surface area contributed by atoms with Crippen molar-refractivity contribution in [1.82, 2.24) is 10.6 Å². The van der Waals surface area contributed by atoms with E-state index in [-0.39, 0.29) is 6.67 Å². The Hall–Kier alpha value is -1.46. The Morgan fingerprint density at radius 1 is 0.913 bits per heavy atom. The molecular weight excluding hydrogens is 299 g/mol. The summed E-state index contributed by atoms with van der Waals surface area (Å²) in [5.41, 5.74) is -1.13. The molecule has 1 heterocycles.